The van der Waals surface area contributed by atoms with E-state index in [-0.39, 0.29) is 23.3 Å². The molecule has 6 N–H and O–H groups in total. The minimum absolute atomic E-state index is 0.0133. The van der Waals surface area contributed by atoms with Gasteiger partial charge in [-0.25, -0.2) is 19.9 Å². The Labute approximate surface area is 258 Å². The Morgan fingerprint density at radius 1 is 1.36 bits per heavy atom. The lowest BCUT2D eigenvalue weighted by molar-refractivity contribution is -0.149. The van der Waals surface area contributed by atoms with Crippen LogP contribution < -0.4 is 20.9 Å². The molecule has 44 heavy (non-hydrogen) atoms. The van der Waals surface area contributed by atoms with Crippen LogP contribution in [0.3, 0.4) is 0 Å². The van der Waals surface area contributed by atoms with Crippen molar-refractivity contribution in [3.8, 4) is 5.88 Å². The molecule has 1 unspecified atom stereocenters. The maximum atomic E-state index is 14.0. The third-order valence-electron chi connectivity index (χ3n) is 6.71. The number of carbonyl (C=O) groups is 3. The predicted octanol–water partition coefficient (Wildman–Crippen LogP) is -0.166. The van der Waals surface area contributed by atoms with Crippen molar-refractivity contribution in [1.29, 1.82) is 0 Å². The number of nitrogen functional groups attached to an aromatic ring is 1. The van der Waals surface area contributed by atoms with Gasteiger partial charge in [0.1, 0.15) is 35.6 Å². The molecule has 0 radical (unpaired) electrons. The summed E-state index contributed by atoms with van der Waals surface area (Å²) >= 11 is 0.703. The lowest BCUT2D eigenvalue weighted by atomic mass is 9.97. The number of aliphatic hydroxyl groups excluding tert-OH is 1. The molecular weight excluding hydrogens is 623 g/mol. The molecule has 0 bridgehead atoms. The van der Waals surface area contributed by atoms with E-state index >= 15 is 0 Å². The van der Waals surface area contributed by atoms with Crippen molar-refractivity contribution in [2.75, 3.05) is 39.3 Å². The van der Waals surface area contributed by atoms with Crippen LogP contribution in [0.15, 0.2) is 11.2 Å². The van der Waals surface area contributed by atoms with Gasteiger partial charge in [-0.2, -0.15) is 4.98 Å². The molecule has 3 heterocycles. The number of nitrogens with zero attached hydrogens (tertiary/aromatic N) is 5. The number of imide groups is 1. The number of carbonyl (C=O) groups excluding carboxylic acids is 3. The number of likely N-dealkylation sites (N-methyl/N-ethyl adjacent to an activating group) is 2. The van der Waals surface area contributed by atoms with Gasteiger partial charge in [0.25, 0.3) is 5.91 Å². The summed E-state index contributed by atoms with van der Waals surface area (Å²) in [6.07, 6.45) is -1.83. The number of nitrogens with one attached hydrogen (secondary N) is 2. The van der Waals surface area contributed by atoms with Gasteiger partial charge in [-0.1, -0.05) is 11.4 Å². The van der Waals surface area contributed by atoms with E-state index < -0.39 is 73.5 Å². The van der Waals surface area contributed by atoms with Gasteiger partial charge < -0.3 is 44.9 Å². The molecule has 3 rings (SSSR count). The highest BCUT2D eigenvalue weighted by Crippen LogP contribution is 2.57. The van der Waals surface area contributed by atoms with E-state index in [0.29, 0.717) is 11.4 Å². The Balaban J connectivity index is 1.72. The molecule has 0 aliphatic carbocycles. The molecule has 0 aromatic carbocycles. The number of esters is 1. The molecule has 0 saturated carbocycles. The number of methoxy groups -OCH3 is 1. The van der Waals surface area contributed by atoms with Crippen molar-refractivity contribution >= 4 is 54.0 Å². The summed E-state index contributed by atoms with van der Waals surface area (Å²) in [5, 5.41) is 27.2. The van der Waals surface area contributed by atoms with E-state index in [0.717, 1.165) is 4.90 Å². The maximum absolute atomic E-state index is 14.0. The van der Waals surface area contributed by atoms with E-state index in [4.69, 9.17) is 24.5 Å². The highest BCUT2D eigenvalue weighted by atomic mass is 32.7. The van der Waals surface area contributed by atoms with Gasteiger partial charge >= 0.3 is 18.7 Å². The van der Waals surface area contributed by atoms with Gasteiger partial charge in [0.15, 0.2) is 6.23 Å². The van der Waals surface area contributed by atoms with Crippen molar-refractivity contribution in [3.63, 3.8) is 0 Å². The van der Waals surface area contributed by atoms with Gasteiger partial charge in [0.05, 0.1) is 32.4 Å². The highest BCUT2D eigenvalue weighted by molar-refractivity contribution is 8.56. The lowest BCUT2D eigenvalue weighted by Gasteiger charge is -2.27. The largest absolute Gasteiger partial charge is 0.479 e. The van der Waals surface area contributed by atoms with Crippen LogP contribution in [-0.4, -0.2) is 130 Å². The highest BCUT2D eigenvalue weighted by Gasteiger charge is 2.53. The van der Waals surface area contributed by atoms with Crippen LogP contribution in [0.25, 0.3) is 0 Å². The van der Waals surface area contributed by atoms with Crippen molar-refractivity contribution in [2.24, 2.45) is 4.99 Å². The monoisotopic (exact) mass is 662 g/mol. The van der Waals surface area contributed by atoms with Gasteiger partial charge in [-0.05, 0) is 27.7 Å². The minimum Gasteiger partial charge on any atom is -0.479 e. The third-order valence-corrected chi connectivity index (χ3v) is 10.8. The van der Waals surface area contributed by atoms with Crippen molar-refractivity contribution in [1.82, 2.24) is 30.2 Å². The first-order valence-electron chi connectivity index (χ1n) is 13.4. The van der Waals surface area contributed by atoms with Gasteiger partial charge in [0, 0.05) is 19.8 Å². The normalized spacial score (nSPS) is 27.7. The Kier molecular flexibility index (Phi) is 11.6. The van der Waals surface area contributed by atoms with Gasteiger partial charge in [0.2, 0.25) is 11.8 Å². The molecule has 2 saturated heterocycles. The Bertz CT molecular complexity index is 1300. The molecule has 2 aliphatic heterocycles. The van der Waals surface area contributed by atoms with Crippen LogP contribution in [0, 0.1) is 0 Å². The third kappa shape index (κ3) is 8.15. The number of rotatable bonds is 14. The zero-order chi connectivity index (χ0) is 33.0. The molecule has 7 atom stereocenters. The van der Waals surface area contributed by atoms with E-state index in [1.165, 1.54) is 52.5 Å². The van der Waals surface area contributed by atoms with Gasteiger partial charge in [-0.15, -0.1) is 0 Å². The summed E-state index contributed by atoms with van der Waals surface area (Å²) in [5.74, 6) is -1.23. The predicted molar refractivity (Wildman–Crippen MR) is 159 cm³/mol. The zero-order valence-corrected chi connectivity index (χ0v) is 27.1. The Hall–Kier alpha value is -3.06. The number of aliphatic imine (C=N–C) groups is 1. The average Bonchev–Trinajstić information content (AvgIpc) is 3.28. The molecule has 1 aromatic heterocycles. The topological polar surface area (TPSA) is 240 Å². The molecule has 246 valence electrons. The summed E-state index contributed by atoms with van der Waals surface area (Å²) in [4.78, 5) is 51.2. The van der Waals surface area contributed by atoms with Gasteiger partial charge in [-0.3, -0.25) is 19.1 Å². The first kappa shape index (κ1) is 35.4. The number of nitrogens with two attached hydrogens (primary N) is 1. The summed E-state index contributed by atoms with van der Waals surface area (Å²) in [6.45, 7) is 1.53. The van der Waals surface area contributed by atoms with E-state index in [1.54, 1.807) is 13.8 Å². The second-order valence-corrected chi connectivity index (χ2v) is 14.8. The lowest BCUT2D eigenvalue weighted by Crippen LogP contribution is -2.51. The summed E-state index contributed by atoms with van der Waals surface area (Å²) in [7, 11) is 4.15. The number of aliphatic hydroxyl groups is 2. The maximum Gasteiger partial charge on any atom is 0.327 e. The average molecular weight is 663 g/mol. The molecule has 2 aliphatic rings. The molecule has 20 heteroatoms. The number of amides is 3. The van der Waals surface area contributed by atoms with E-state index in [1.807, 2.05) is 0 Å². The Morgan fingerprint density at radius 2 is 2.05 bits per heavy atom. The van der Waals surface area contributed by atoms with Crippen LogP contribution >= 0.6 is 18.1 Å². The number of hydrogen-bond acceptors (Lipinski definition) is 15. The van der Waals surface area contributed by atoms with Crippen molar-refractivity contribution in [2.45, 2.75) is 69.9 Å². The van der Waals surface area contributed by atoms with Crippen LogP contribution in [-0.2, 0) is 28.2 Å². The number of urea groups is 1. The van der Waals surface area contributed by atoms with Crippen LogP contribution in [0.5, 0.6) is 5.88 Å². The first-order chi connectivity index (χ1) is 20.5. The second-order valence-electron chi connectivity index (χ2n) is 10.5. The Morgan fingerprint density at radius 3 is 2.64 bits per heavy atom. The molecule has 18 nitrogen and oxygen atoms in total. The SMILES string of the molecule is COc1nc(N)ncc1/N=C\N[C@@H]1O[C@H](COP(=O)(N[C@H](C)C(=O)OC(C)C)SC[C@H]2C(=O)N(C)C(=O)N2C)[C@@H](O)[C@@]1(C)O. The van der Waals surface area contributed by atoms with Crippen molar-refractivity contribution in [3.05, 3.63) is 6.20 Å². The summed E-state index contributed by atoms with van der Waals surface area (Å²) in [5.41, 5.74) is 3.91. The fraction of sp³-hybridized carbons (Fsp3) is 0.667. The number of aromatic nitrogens is 2. The quantitative estimate of drug-likeness (QED) is 0.0571. The fourth-order valence-corrected chi connectivity index (χ4v) is 8.12. The number of hydrogen-bond donors (Lipinski definition) is 5. The zero-order valence-electron chi connectivity index (χ0n) is 25.4. The van der Waals surface area contributed by atoms with E-state index in [2.05, 4.69) is 25.4 Å². The molecule has 2 fully saturated rings. The smallest absolute Gasteiger partial charge is 0.327 e. The van der Waals surface area contributed by atoms with Crippen LogP contribution in [0.2, 0.25) is 0 Å². The fourth-order valence-electron chi connectivity index (χ4n) is 4.16. The molecular formula is C24H39N8O10PS. The van der Waals surface area contributed by atoms with Crippen LogP contribution in [0.4, 0.5) is 16.4 Å². The summed E-state index contributed by atoms with van der Waals surface area (Å²) < 4.78 is 35.8. The number of anilines is 1. The molecule has 3 amide bonds. The standard InChI is InChI=1S/C24H39N8O10PS/c1-12(2)41-20(35)13(3)30-43(38,44-10-15-19(34)32(6)23(36)31(15)5)40-9-16-17(33)24(4,37)21(42-16)28-11-27-14-8-26-22(25)29-18(14)39-7/h8,11-13,15-17,21,33,37H,9-10H2,1-7H3,(H,27,28)(H,30,38)(H2,25,26,29)/t13-,15+,16-,17-,21-,24-,43?/m1/s1. The van der Waals surface area contributed by atoms with E-state index in [9.17, 15) is 29.2 Å². The summed E-state index contributed by atoms with van der Waals surface area (Å²) in [6, 6.07) is -2.54. The second kappa shape index (κ2) is 14.4. The molecule has 0 spiro atoms. The number of ether oxygens (including phenoxy) is 3. The van der Waals surface area contributed by atoms with Crippen LogP contribution in [0.1, 0.15) is 27.7 Å². The minimum atomic E-state index is -4.03. The van der Waals surface area contributed by atoms with Crippen molar-refractivity contribution < 1.29 is 47.9 Å². The first-order valence-corrected chi connectivity index (χ1v) is 16.6. The molecule has 1 aromatic rings.